The number of benzene rings is 2. The molecule has 0 spiro atoms. The van der Waals surface area contributed by atoms with E-state index in [2.05, 4.69) is 10.3 Å². The first-order valence-electron chi connectivity index (χ1n) is 9.06. The predicted octanol–water partition coefficient (Wildman–Crippen LogP) is 5.00. The number of thiazole rings is 1. The molecule has 2 aromatic carbocycles. The molecule has 5 rings (SSSR count). The molecule has 3 aromatic heterocycles. The summed E-state index contributed by atoms with van der Waals surface area (Å²) in [6, 6.07) is 13.3. The topological polar surface area (TPSA) is 68.8 Å². The zero-order chi connectivity index (χ0) is 19.8. The van der Waals surface area contributed by atoms with E-state index in [0.717, 1.165) is 38.6 Å². The summed E-state index contributed by atoms with van der Waals surface area (Å²) in [6.07, 6.45) is 5.84. The van der Waals surface area contributed by atoms with Crippen molar-refractivity contribution in [3.63, 3.8) is 0 Å². The smallest absolute Gasteiger partial charge is 0.228 e. The van der Waals surface area contributed by atoms with Gasteiger partial charge in [-0.1, -0.05) is 12.1 Å². The average Bonchev–Trinajstić information content (AvgIpc) is 3.43. The quantitative estimate of drug-likeness (QED) is 0.448. The first-order valence-corrected chi connectivity index (χ1v) is 9.94. The summed E-state index contributed by atoms with van der Waals surface area (Å²) in [6.45, 7) is 0. The van der Waals surface area contributed by atoms with Gasteiger partial charge >= 0.3 is 0 Å². The van der Waals surface area contributed by atoms with Crippen LogP contribution >= 0.6 is 11.3 Å². The monoisotopic (exact) mass is 403 g/mol. The zero-order valence-corrected chi connectivity index (χ0v) is 16.4. The van der Waals surface area contributed by atoms with Gasteiger partial charge in [0, 0.05) is 46.0 Å². The number of ether oxygens (including phenoxy) is 1. The van der Waals surface area contributed by atoms with Gasteiger partial charge < -0.3 is 14.5 Å². The first-order chi connectivity index (χ1) is 14.2. The third kappa shape index (κ3) is 3.36. The molecule has 6 nitrogen and oxygen atoms in total. The summed E-state index contributed by atoms with van der Waals surface area (Å²) < 4.78 is 12.8. The van der Waals surface area contributed by atoms with Gasteiger partial charge in [0.05, 0.1) is 25.5 Å². The maximum atomic E-state index is 12.5. The van der Waals surface area contributed by atoms with Gasteiger partial charge in [0.2, 0.25) is 5.91 Å². The molecule has 0 saturated carbocycles. The van der Waals surface area contributed by atoms with Crippen molar-refractivity contribution in [2.45, 2.75) is 6.42 Å². The van der Waals surface area contributed by atoms with Crippen LogP contribution in [-0.2, 0) is 11.2 Å². The number of furan rings is 1. The lowest BCUT2D eigenvalue weighted by molar-refractivity contribution is -0.115. The van der Waals surface area contributed by atoms with Crippen molar-refractivity contribution in [1.29, 1.82) is 0 Å². The Morgan fingerprint density at radius 3 is 2.90 bits per heavy atom. The number of hydrogen-bond donors (Lipinski definition) is 1. The molecule has 7 heteroatoms. The van der Waals surface area contributed by atoms with Crippen LogP contribution in [0.5, 0.6) is 5.75 Å². The molecule has 0 saturated heterocycles. The van der Waals surface area contributed by atoms with Crippen LogP contribution in [0, 0.1) is 0 Å². The van der Waals surface area contributed by atoms with Crippen LogP contribution in [0.3, 0.4) is 0 Å². The van der Waals surface area contributed by atoms with Gasteiger partial charge in [-0.15, -0.1) is 11.3 Å². The lowest BCUT2D eigenvalue weighted by atomic mass is 10.1. The van der Waals surface area contributed by atoms with Crippen LogP contribution in [-0.4, -0.2) is 22.4 Å². The van der Waals surface area contributed by atoms with Crippen LogP contribution in [0.15, 0.2) is 70.9 Å². The lowest BCUT2D eigenvalue weighted by Gasteiger charge is -2.05. The Bertz CT molecular complexity index is 1290. The van der Waals surface area contributed by atoms with Gasteiger partial charge in [-0.05, 0) is 24.3 Å². The second-order valence-corrected chi connectivity index (χ2v) is 7.52. The average molecular weight is 403 g/mol. The number of fused-ring (bicyclic) bond motifs is 2. The van der Waals surface area contributed by atoms with E-state index in [9.17, 15) is 4.79 Å². The number of carbonyl (C=O) groups excluding carboxylic acids is 1. The highest BCUT2D eigenvalue weighted by Crippen LogP contribution is 2.27. The van der Waals surface area contributed by atoms with Gasteiger partial charge in [-0.25, -0.2) is 4.98 Å². The molecule has 0 radical (unpaired) electrons. The highest BCUT2D eigenvalue weighted by atomic mass is 32.1. The van der Waals surface area contributed by atoms with E-state index < -0.39 is 0 Å². The Labute approximate surface area is 170 Å². The second-order valence-electron chi connectivity index (χ2n) is 6.64. The first kappa shape index (κ1) is 17.5. The largest absolute Gasteiger partial charge is 0.497 e. The lowest BCUT2D eigenvalue weighted by Crippen LogP contribution is -2.14. The molecule has 0 unspecified atom stereocenters. The number of imidazole rings is 1. The molecule has 1 N–H and O–H groups in total. The summed E-state index contributed by atoms with van der Waals surface area (Å²) in [5, 5.41) is 5.86. The minimum atomic E-state index is -0.0984. The van der Waals surface area contributed by atoms with E-state index in [1.807, 2.05) is 64.6 Å². The molecule has 29 heavy (non-hydrogen) atoms. The summed E-state index contributed by atoms with van der Waals surface area (Å²) in [5.74, 6) is 0.624. The second kappa shape index (κ2) is 7.10. The number of hydrogen-bond acceptors (Lipinski definition) is 5. The summed E-state index contributed by atoms with van der Waals surface area (Å²) in [4.78, 5) is 18.1. The highest BCUT2D eigenvalue weighted by molar-refractivity contribution is 7.15. The van der Waals surface area contributed by atoms with Crippen molar-refractivity contribution in [3.05, 3.63) is 72.1 Å². The van der Waals surface area contributed by atoms with E-state index in [1.54, 1.807) is 24.7 Å². The summed E-state index contributed by atoms with van der Waals surface area (Å²) in [5.41, 5.74) is 4.21. The number of methoxy groups -OCH3 is 1. The number of nitrogens with one attached hydrogen (secondary N) is 1. The van der Waals surface area contributed by atoms with Crippen molar-refractivity contribution in [3.8, 4) is 17.0 Å². The SMILES string of the molecule is COc1ccc2c(CC(=O)Nc3ccc(-c4cn5ccsc5n4)cc3)coc2c1. The molecule has 0 aliphatic heterocycles. The van der Waals surface area contributed by atoms with E-state index in [0.29, 0.717) is 5.58 Å². The van der Waals surface area contributed by atoms with Crippen molar-refractivity contribution >= 4 is 38.9 Å². The molecule has 3 heterocycles. The van der Waals surface area contributed by atoms with Gasteiger partial charge in [-0.3, -0.25) is 9.20 Å². The van der Waals surface area contributed by atoms with Crippen LogP contribution in [0.2, 0.25) is 0 Å². The van der Waals surface area contributed by atoms with Gasteiger partial charge in [0.25, 0.3) is 0 Å². The number of carbonyl (C=O) groups is 1. The number of nitrogens with zero attached hydrogens (tertiary/aromatic N) is 2. The van der Waals surface area contributed by atoms with E-state index in [1.165, 1.54) is 0 Å². The number of anilines is 1. The Balaban J connectivity index is 1.29. The van der Waals surface area contributed by atoms with Crippen LogP contribution in [0.4, 0.5) is 5.69 Å². The summed E-state index contributed by atoms with van der Waals surface area (Å²) in [7, 11) is 1.61. The summed E-state index contributed by atoms with van der Waals surface area (Å²) >= 11 is 1.60. The fourth-order valence-corrected chi connectivity index (χ4v) is 4.00. The Kier molecular flexibility index (Phi) is 4.29. The molecule has 0 atom stereocenters. The number of amides is 1. The molecular weight excluding hydrogens is 386 g/mol. The van der Waals surface area contributed by atoms with Crippen LogP contribution in [0.1, 0.15) is 5.56 Å². The third-order valence-electron chi connectivity index (χ3n) is 4.77. The standard InChI is InChI=1S/C22H17N3O3S/c1-27-17-6-7-18-15(13-28-20(18)11-17)10-21(26)23-16-4-2-14(3-5-16)19-12-25-8-9-29-22(25)24-19/h2-9,11-13H,10H2,1H3,(H,23,26). The Hall–Kier alpha value is -3.58. The number of rotatable bonds is 5. The molecule has 5 aromatic rings. The molecule has 144 valence electrons. The van der Waals surface area contributed by atoms with E-state index >= 15 is 0 Å². The third-order valence-corrected chi connectivity index (χ3v) is 5.54. The fourth-order valence-electron chi connectivity index (χ4n) is 3.30. The minimum Gasteiger partial charge on any atom is -0.497 e. The number of aromatic nitrogens is 2. The van der Waals surface area contributed by atoms with Gasteiger partial charge in [0.1, 0.15) is 11.3 Å². The Morgan fingerprint density at radius 1 is 1.24 bits per heavy atom. The maximum absolute atomic E-state index is 12.5. The van der Waals surface area contributed by atoms with Gasteiger partial charge in [-0.2, -0.15) is 0 Å². The van der Waals surface area contributed by atoms with Crippen molar-refractivity contribution in [2.24, 2.45) is 0 Å². The van der Waals surface area contributed by atoms with Gasteiger partial charge in [0.15, 0.2) is 4.96 Å². The van der Waals surface area contributed by atoms with Crippen molar-refractivity contribution < 1.29 is 13.9 Å². The zero-order valence-electron chi connectivity index (χ0n) is 15.6. The Morgan fingerprint density at radius 2 is 2.10 bits per heavy atom. The molecule has 1 amide bonds. The fraction of sp³-hybridized carbons (Fsp3) is 0.0909. The van der Waals surface area contributed by atoms with Crippen LogP contribution in [0.25, 0.3) is 27.2 Å². The van der Waals surface area contributed by atoms with Crippen molar-refractivity contribution in [2.75, 3.05) is 12.4 Å². The molecule has 0 bridgehead atoms. The molecule has 0 aliphatic carbocycles. The van der Waals surface area contributed by atoms with E-state index in [-0.39, 0.29) is 12.3 Å². The normalized spacial score (nSPS) is 11.2. The highest BCUT2D eigenvalue weighted by Gasteiger charge is 2.12. The molecular formula is C22H17N3O3S. The van der Waals surface area contributed by atoms with E-state index in [4.69, 9.17) is 9.15 Å². The molecule has 0 fully saturated rings. The predicted molar refractivity (Wildman–Crippen MR) is 114 cm³/mol. The molecule has 0 aliphatic rings. The van der Waals surface area contributed by atoms with Crippen LogP contribution < -0.4 is 10.1 Å². The minimum absolute atomic E-state index is 0.0984. The van der Waals surface area contributed by atoms with Crippen molar-refractivity contribution in [1.82, 2.24) is 9.38 Å². The maximum Gasteiger partial charge on any atom is 0.228 e.